The van der Waals surface area contributed by atoms with Gasteiger partial charge in [0.25, 0.3) is 5.91 Å². The molecule has 166 valence electrons. The van der Waals surface area contributed by atoms with Crippen LogP contribution in [0.5, 0.6) is 0 Å². The first-order chi connectivity index (χ1) is 15.0. The molecule has 0 bridgehead atoms. The third-order valence-electron chi connectivity index (χ3n) is 4.23. The summed E-state index contributed by atoms with van der Waals surface area (Å²) in [5, 5.41) is 8.56. The van der Waals surface area contributed by atoms with E-state index in [1.807, 2.05) is 6.92 Å². The van der Waals surface area contributed by atoms with Gasteiger partial charge in [0.2, 0.25) is 5.91 Å². The van der Waals surface area contributed by atoms with Crippen LogP contribution in [0.15, 0.2) is 48.5 Å². The van der Waals surface area contributed by atoms with E-state index in [4.69, 9.17) is 9.47 Å². The van der Waals surface area contributed by atoms with Gasteiger partial charge < -0.3 is 25.4 Å². The minimum atomic E-state index is -0.367. The highest BCUT2D eigenvalue weighted by Crippen LogP contribution is 2.12. The van der Waals surface area contributed by atoms with Crippen molar-refractivity contribution in [3.63, 3.8) is 0 Å². The van der Waals surface area contributed by atoms with E-state index in [9.17, 15) is 14.4 Å². The maximum atomic E-state index is 12.2. The normalized spacial score (nSPS) is 10.3. The molecule has 8 nitrogen and oxygen atoms in total. The monoisotopic (exact) mass is 427 g/mol. The fraction of sp³-hybridized carbons (Fsp3) is 0.348. The average Bonchev–Trinajstić information content (AvgIpc) is 2.79. The molecule has 0 unspecified atom stereocenters. The highest BCUT2D eigenvalue weighted by atomic mass is 16.5. The van der Waals surface area contributed by atoms with Crippen LogP contribution in [-0.2, 0) is 14.3 Å². The smallest absolute Gasteiger partial charge is 0.338 e. The Labute approximate surface area is 182 Å². The second-order valence-corrected chi connectivity index (χ2v) is 6.80. The van der Waals surface area contributed by atoms with Crippen molar-refractivity contribution in [3.05, 3.63) is 59.7 Å². The number of carbonyl (C=O) groups is 3. The van der Waals surface area contributed by atoms with E-state index < -0.39 is 0 Å². The molecule has 0 aromatic heterocycles. The van der Waals surface area contributed by atoms with Crippen molar-refractivity contribution in [3.8, 4) is 0 Å². The second-order valence-electron chi connectivity index (χ2n) is 6.80. The van der Waals surface area contributed by atoms with Crippen LogP contribution in [0, 0.1) is 0 Å². The first kappa shape index (κ1) is 23.9. The molecular formula is C23H29N3O5. The Morgan fingerprint density at radius 1 is 0.935 bits per heavy atom. The summed E-state index contributed by atoms with van der Waals surface area (Å²) in [5.74, 6) is -0.833. The number of benzene rings is 2. The first-order valence-electron chi connectivity index (χ1n) is 10.2. The van der Waals surface area contributed by atoms with Gasteiger partial charge >= 0.3 is 5.97 Å². The van der Waals surface area contributed by atoms with Gasteiger partial charge in [-0.05, 0) is 55.3 Å². The maximum absolute atomic E-state index is 12.2. The zero-order chi connectivity index (χ0) is 22.5. The molecule has 8 heteroatoms. The molecule has 2 aromatic carbocycles. The van der Waals surface area contributed by atoms with Gasteiger partial charge in [0.15, 0.2) is 0 Å². The van der Waals surface area contributed by atoms with Crippen molar-refractivity contribution in [2.24, 2.45) is 0 Å². The van der Waals surface area contributed by atoms with Crippen molar-refractivity contribution in [1.82, 2.24) is 5.32 Å². The minimum Gasteiger partial charge on any atom is -0.462 e. The second kappa shape index (κ2) is 13.0. The average molecular weight is 428 g/mol. The van der Waals surface area contributed by atoms with E-state index in [1.165, 1.54) is 0 Å². The van der Waals surface area contributed by atoms with E-state index in [0.29, 0.717) is 42.3 Å². The van der Waals surface area contributed by atoms with E-state index in [1.54, 1.807) is 55.6 Å². The van der Waals surface area contributed by atoms with Crippen molar-refractivity contribution in [1.29, 1.82) is 0 Å². The Hall–Kier alpha value is -3.39. The summed E-state index contributed by atoms with van der Waals surface area (Å²) in [5.41, 5.74) is 2.16. The summed E-state index contributed by atoms with van der Waals surface area (Å²) in [6, 6.07) is 13.5. The maximum Gasteiger partial charge on any atom is 0.338 e. The molecular weight excluding hydrogens is 398 g/mol. The van der Waals surface area contributed by atoms with Crippen LogP contribution >= 0.6 is 0 Å². The number of anilines is 2. The first-order valence-corrected chi connectivity index (χ1v) is 10.2. The lowest BCUT2D eigenvalue weighted by molar-refractivity contribution is -0.114. The predicted molar refractivity (Wildman–Crippen MR) is 119 cm³/mol. The summed E-state index contributed by atoms with van der Waals surface area (Å²) < 4.78 is 10.0. The molecule has 0 spiro atoms. The Kier molecular flexibility index (Phi) is 10.0. The number of amides is 2. The standard InChI is InChI=1S/C23H29N3O5/c1-3-13-31-23(29)17-8-10-19(11-9-17)25-16-21(27)26-20-7-4-6-18(15-20)22(28)24-12-5-14-30-2/h4,6-11,15,25H,3,5,12-14,16H2,1-2H3,(H,24,28)(H,26,27). The van der Waals surface area contributed by atoms with Gasteiger partial charge in [-0.2, -0.15) is 0 Å². The molecule has 2 rings (SSSR count). The third-order valence-corrected chi connectivity index (χ3v) is 4.23. The van der Waals surface area contributed by atoms with Crippen LogP contribution < -0.4 is 16.0 Å². The number of ether oxygens (including phenoxy) is 2. The van der Waals surface area contributed by atoms with Crippen molar-refractivity contribution in [2.45, 2.75) is 19.8 Å². The van der Waals surface area contributed by atoms with Gasteiger partial charge in [-0.3, -0.25) is 9.59 Å². The van der Waals surface area contributed by atoms with Gasteiger partial charge in [-0.25, -0.2) is 4.79 Å². The fourth-order valence-corrected chi connectivity index (χ4v) is 2.65. The highest BCUT2D eigenvalue weighted by molar-refractivity contribution is 5.98. The number of hydrogen-bond donors (Lipinski definition) is 3. The molecule has 0 saturated carbocycles. The molecule has 0 saturated heterocycles. The van der Waals surface area contributed by atoms with Crippen LogP contribution in [0.4, 0.5) is 11.4 Å². The lowest BCUT2D eigenvalue weighted by atomic mass is 10.2. The number of esters is 1. The number of rotatable bonds is 12. The Bertz CT molecular complexity index is 868. The lowest BCUT2D eigenvalue weighted by Gasteiger charge is -2.10. The molecule has 0 fully saturated rings. The summed E-state index contributed by atoms with van der Waals surface area (Å²) in [7, 11) is 1.61. The zero-order valence-electron chi connectivity index (χ0n) is 17.9. The summed E-state index contributed by atoms with van der Waals surface area (Å²) in [6.07, 6.45) is 1.49. The summed E-state index contributed by atoms with van der Waals surface area (Å²) >= 11 is 0. The molecule has 0 heterocycles. The van der Waals surface area contributed by atoms with E-state index in [0.717, 1.165) is 12.8 Å². The van der Waals surface area contributed by atoms with Crippen LogP contribution in [0.25, 0.3) is 0 Å². The SMILES string of the molecule is CCCOC(=O)c1ccc(NCC(=O)Nc2cccc(C(=O)NCCCOC)c2)cc1. The molecule has 3 N–H and O–H groups in total. The Morgan fingerprint density at radius 3 is 2.42 bits per heavy atom. The molecule has 0 radical (unpaired) electrons. The Balaban J connectivity index is 1.82. The van der Waals surface area contributed by atoms with E-state index in [-0.39, 0.29) is 24.3 Å². The number of carbonyl (C=O) groups excluding carboxylic acids is 3. The minimum absolute atomic E-state index is 0.0348. The largest absolute Gasteiger partial charge is 0.462 e. The van der Waals surface area contributed by atoms with Gasteiger partial charge in [0.1, 0.15) is 0 Å². The van der Waals surface area contributed by atoms with Crippen LogP contribution in [0.3, 0.4) is 0 Å². The van der Waals surface area contributed by atoms with Crippen molar-refractivity contribution >= 4 is 29.2 Å². The molecule has 2 amide bonds. The molecule has 0 aliphatic heterocycles. The Morgan fingerprint density at radius 2 is 1.71 bits per heavy atom. The number of hydrogen-bond acceptors (Lipinski definition) is 6. The van der Waals surface area contributed by atoms with Crippen molar-refractivity contribution in [2.75, 3.05) is 44.0 Å². The van der Waals surface area contributed by atoms with E-state index >= 15 is 0 Å². The summed E-state index contributed by atoms with van der Waals surface area (Å²) in [6.45, 7) is 3.45. The van der Waals surface area contributed by atoms with Gasteiger partial charge in [-0.1, -0.05) is 13.0 Å². The lowest BCUT2D eigenvalue weighted by Crippen LogP contribution is -2.25. The molecule has 0 aliphatic carbocycles. The van der Waals surface area contributed by atoms with Gasteiger partial charge in [-0.15, -0.1) is 0 Å². The molecule has 2 aromatic rings. The highest BCUT2D eigenvalue weighted by Gasteiger charge is 2.09. The van der Waals surface area contributed by atoms with Gasteiger partial charge in [0.05, 0.1) is 18.7 Å². The van der Waals surface area contributed by atoms with Crippen LogP contribution in [0.1, 0.15) is 40.5 Å². The van der Waals surface area contributed by atoms with Crippen LogP contribution in [0.2, 0.25) is 0 Å². The number of methoxy groups -OCH3 is 1. The molecule has 0 aliphatic rings. The summed E-state index contributed by atoms with van der Waals surface area (Å²) in [4.78, 5) is 36.2. The fourth-order valence-electron chi connectivity index (χ4n) is 2.65. The quantitative estimate of drug-likeness (QED) is 0.355. The van der Waals surface area contributed by atoms with E-state index in [2.05, 4.69) is 16.0 Å². The third kappa shape index (κ3) is 8.47. The van der Waals surface area contributed by atoms with Crippen LogP contribution in [-0.4, -0.2) is 51.2 Å². The molecule has 0 atom stereocenters. The predicted octanol–water partition coefficient (Wildman–Crippen LogP) is 3.07. The molecule has 31 heavy (non-hydrogen) atoms. The number of nitrogens with one attached hydrogen (secondary N) is 3. The zero-order valence-corrected chi connectivity index (χ0v) is 17.9. The topological polar surface area (TPSA) is 106 Å². The van der Waals surface area contributed by atoms with Gasteiger partial charge in [0, 0.05) is 37.2 Å². The van der Waals surface area contributed by atoms with Crippen molar-refractivity contribution < 1.29 is 23.9 Å².